The van der Waals surface area contributed by atoms with Crippen LogP contribution < -0.4 is 10.9 Å². The molecule has 0 saturated heterocycles. The molecule has 3 rings (SSSR count). The summed E-state index contributed by atoms with van der Waals surface area (Å²) in [6.45, 7) is 1.41. The van der Waals surface area contributed by atoms with Gasteiger partial charge in [-0.15, -0.1) is 11.3 Å². The maximum atomic E-state index is 12.9. The standard InChI is InChI=1S/C18H16N2O5S/c1-10-9-26-16-14(10)20(8-11-5-3-2-4-6-11)18(25)13(15(16)23)17(24)19-7-12(21)22/h2-6,9,23H,7-8H2,1H3,(H,19,24)(H,21,22). The van der Waals surface area contributed by atoms with Crippen molar-refractivity contribution in [3.05, 3.63) is 62.8 Å². The second kappa shape index (κ2) is 7.01. The molecule has 2 heterocycles. The number of hydrogen-bond acceptors (Lipinski definition) is 5. The van der Waals surface area contributed by atoms with Gasteiger partial charge in [-0.05, 0) is 23.4 Å². The summed E-state index contributed by atoms with van der Waals surface area (Å²) in [4.78, 5) is 35.9. The monoisotopic (exact) mass is 372 g/mol. The number of aliphatic carboxylic acids is 1. The number of aryl methyl sites for hydroxylation is 1. The van der Waals surface area contributed by atoms with Gasteiger partial charge in [0, 0.05) is 0 Å². The van der Waals surface area contributed by atoms with E-state index in [9.17, 15) is 19.5 Å². The molecule has 0 aliphatic rings. The molecule has 8 heteroatoms. The highest BCUT2D eigenvalue weighted by Gasteiger charge is 2.24. The van der Waals surface area contributed by atoms with Crippen molar-refractivity contribution in [3.63, 3.8) is 0 Å². The zero-order chi connectivity index (χ0) is 18.8. The van der Waals surface area contributed by atoms with Crippen LogP contribution in [0.25, 0.3) is 10.2 Å². The van der Waals surface area contributed by atoms with Crippen LogP contribution in [0.15, 0.2) is 40.5 Å². The summed E-state index contributed by atoms with van der Waals surface area (Å²) in [5, 5.41) is 23.1. The lowest BCUT2D eigenvalue weighted by Crippen LogP contribution is -2.36. The van der Waals surface area contributed by atoms with Gasteiger partial charge in [-0.3, -0.25) is 14.4 Å². The van der Waals surface area contributed by atoms with Crippen molar-refractivity contribution >= 4 is 33.4 Å². The Morgan fingerprint density at radius 2 is 1.92 bits per heavy atom. The van der Waals surface area contributed by atoms with Gasteiger partial charge in [0.1, 0.15) is 12.1 Å². The molecule has 0 aliphatic carbocycles. The number of aromatic hydroxyl groups is 1. The largest absolute Gasteiger partial charge is 0.505 e. The molecule has 134 valence electrons. The molecule has 0 unspecified atom stereocenters. The van der Waals surface area contributed by atoms with Crippen LogP contribution in [0.2, 0.25) is 0 Å². The van der Waals surface area contributed by atoms with Crippen molar-refractivity contribution in [3.8, 4) is 5.75 Å². The molecule has 0 fully saturated rings. The third-order valence-electron chi connectivity index (χ3n) is 3.93. The molecule has 1 aromatic carbocycles. The molecule has 0 bridgehead atoms. The fourth-order valence-electron chi connectivity index (χ4n) is 2.76. The van der Waals surface area contributed by atoms with Gasteiger partial charge < -0.3 is 20.1 Å². The van der Waals surface area contributed by atoms with Gasteiger partial charge in [-0.25, -0.2) is 0 Å². The van der Waals surface area contributed by atoms with Crippen molar-refractivity contribution in [1.82, 2.24) is 9.88 Å². The Morgan fingerprint density at radius 1 is 1.23 bits per heavy atom. The molecule has 7 nitrogen and oxygen atoms in total. The number of hydrogen-bond donors (Lipinski definition) is 3. The number of rotatable bonds is 5. The first kappa shape index (κ1) is 17.7. The normalized spacial score (nSPS) is 10.8. The number of fused-ring (bicyclic) bond motifs is 1. The number of benzene rings is 1. The average molecular weight is 372 g/mol. The van der Waals surface area contributed by atoms with E-state index in [2.05, 4.69) is 5.32 Å². The van der Waals surface area contributed by atoms with E-state index < -0.39 is 35.3 Å². The van der Waals surface area contributed by atoms with Gasteiger partial charge in [0.25, 0.3) is 11.5 Å². The first-order chi connectivity index (χ1) is 12.4. The van der Waals surface area contributed by atoms with Gasteiger partial charge in [0.2, 0.25) is 0 Å². The summed E-state index contributed by atoms with van der Waals surface area (Å²) in [6.07, 6.45) is 0. The molecular formula is C18H16N2O5S. The van der Waals surface area contributed by atoms with E-state index >= 15 is 0 Å². The number of carboxylic acids is 1. The summed E-state index contributed by atoms with van der Waals surface area (Å²) in [6, 6.07) is 9.27. The summed E-state index contributed by atoms with van der Waals surface area (Å²) in [7, 11) is 0. The fraction of sp³-hybridized carbons (Fsp3) is 0.167. The Bertz CT molecular complexity index is 1050. The van der Waals surface area contributed by atoms with Gasteiger partial charge in [-0.1, -0.05) is 30.3 Å². The molecule has 26 heavy (non-hydrogen) atoms. The molecular weight excluding hydrogens is 356 g/mol. The number of carbonyl (C=O) groups is 2. The number of aromatic nitrogens is 1. The maximum Gasteiger partial charge on any atom is 0.322 e. The van der Waals surface area contributed by atoms with Gasteiger partial charge in [0.15, 0.2) is 5.75 Å². The Hall–Kier alpha value is -3.13. The van der Waals surface area contributed by atoms with Crippen LogP contribution in [0.3, 0.4) is 0 Å². The van der Waals surface area contributed by atoms with E-state index in [1.54, 1.807) is 5.38 Å². The highest BCUT2D eigenvalue weighted by Crippen LogP contribution is 2.34. The molecule has 1 amide bonds. The van der Waals surface area contributed by atoms with Crippen molar-refractivity contribution in [2.75, 3.05) is 6.54 Å². The van der Waals surface area contributed by atoms with Crippen LogP contribution in [0.5, 0.6) is 5.75 Å². The smallest absolute Gasteiger partial charge is 0.322 e. The van der Waals surface area contributed by atoms with E-state index in [0.717, 1.165) is 11.1 Å². The van der Waals surface area contributed by atoms with E-state index in [1.807, 2.05) is 37.3 Å². The Kier molecular flexibility index (Phi) is 4.77. The quantitative estimate of drug-likeness (QED) is 0.634. The number of amides is 1. The predicted octanol–water partition coefficient (Wildman–Crippen LogP) is 1.94. The zero-order valence-electron chi connectivity index (χ0n) is 13.9. The highest BCUT2D eigenvalue weighted by molar-refractivity contribution is 7.17. The Balaban J connectivity index is 2.19. The first-order valence-corrected chi connectivity index (χ1v) is 8.65. The highest BCUT2D eigenvalue weighted by atomic mass is 32.1. The minimum atomic E-state index is -1.24. The van der Waals surface area contributed by atoms with Crippen molar-refractivity contribution in [2.24, 2.45) is 0 Å². The molecule has 0 spiro atoms. The van der Waals surface area contributed by atoms with Crippen molar-refractivity contribution in [2.45, 2.75) is 13.5 Å². The van der Waals surface area contributed by atoms with Gasteiger partial charge in [-0.2, -0.15) is 0 Å². The minimum absolute atomic E-state index is 0.229. The zero-order valence-corrected chi connectivity index (χ0v) is 14.7. The average Bonchev–Trinajstić information content (AvgIpc) is 3.00. The van der Waals surface area contributed by atoms with Crippen molar-refractivity contribution < 1.29 is 19.8 Å². The minimum Gasteiger partial charge on any atom is -0.505 e. The molecule has 2 aromatic heterocycles. The van der Waals surface area contributed by atoms with Gasteiger partial charge >= 0.3 is 5.97 Å². The second-order valence-electron chi connectivity index (χ2n) is 5.77. The third kappa shape index (κ3) is 3.18. The number of nitrogens with zero attached hydrogens (tertiary/aromatic N) is 1. The number of carbonyl (C=O) groups excluding carboxylic acids is 1. The summed E-state index contributed by atoms with van der Waals surface area (Å²) in [5.41, 5.74) is 1.13. The summed E-state index contributed by atoms with van der Waals surface area (Å²) >= 11 is 1.22. The predicted molar refractivity (Wildman–Crippen MR) is 98.0 cm³/mol. The molecule has 0 radical (unpaired) electrons. The van der Waals surface area contributed by atoms with Crippen LogP contribution in [-0.4, -0.2) is 33.2 Å². The van der Waals surface area contributed by atoms with Crippen LogP contribution in [-0.2, 0) is 11.3 Å². The van der Waals surface area contributed by atoms with Crippen LogP contribution >= 0.6 is 11.3 Å². The number of thiophene rings is 1. The molecule has 0 aliphatic heterocycles. The summed E-state index contributed by atoms with van der Waals surface area (Å²) < 4.78 is 1.85. The topological polar surface area (TPSA) is 109 Å². The van der Waals surface area contributed by atoms with Crippen molar-refractivity contribution in [1.29, 1.82) is 0 Å². The van der Waals surface area contributed by atoms with E-state index in [4.69, 9.17) is 5.11 Å². The van der Waals surface area contributed by atoms with Crippen LogP contribution in [0.1, 0.15) is 21.5 Å². The van der Waals surface area contributed by atoms with Gasteiger partial charge in [0.05, 0.1) is 16.8 Å². The Labute approximate surface area is 152 Å². The van der Waals surface area contributed by atoms with E-state index in [1.165, 1.54) is 15.9 Å². The molecule has 0 atom stereocenters. The Morgan fingerprint density at radius 3 is 2.58 bits per heavy atom. The lowest BCUT2D eigenvalue weighted by molar-refractivity contribution is -0.135. The van der Waals surface area contributed by atoms with Crippen LogP contribution in [0, 0.1) is 6.92 Å². The van der Waals surface area contributed by atoms with E-state index in [-0.39, 0.29) is 6.54 Å². The fourth-order valence-corrected chi connectivity index (χ4v) is 3.76. The second-order valence-corrected chi connectivity index (χ2v) is 6.65. The lowest BCUT2D eigenvalue weighted by atomic mass is 10.1. The SMILES string of the molecule is Cc1csc2c(O)c(C(=O)NCC(=O)O)c(=O)n(Cc3ccccc3)c12. The summed E-state index contributed by atoms with van der Waals surface area (Å²) in [5.74, 6) is -2.57. The number of nitrogens with one attached hydrogen (secondary N) is 1. The maximum absolute atomic E-state index is 12.9. The molecule has 3 N–H and O–H groups in total. The lowest BCUT2D eigenvalue weighted by Gasteiger charge is -2.13. The molecule has 0 saturated carbocycles. The van der Waals surface area contributed by atoms with Crippen LogP contribution in [0.4, 0.5) is 0 Å². The van der Waals surface area contributed by atoms with E-state index in [0.29, 0.717) is 10.2 Å². The first-order valence-electron chi connectivity index (χ1n) is 7.77. The third-order valence-corrected chi connectivity index (χ3v) is 5.03. The number of carboxylic acid groups (broad SMARTS) is 1. The number of pyridine rings is 1. The molecule has 3 aromatic rings.